The third-order valence-electron chi connectivity index (χ3n) is 3.20. The van der Waals surface area contributed by atoms with Crippen LogP contribution in [0, 0.1) is 6.92 Å². The average Bonchev–Trinajstić information content (AvgIpc) is 3.13. The van der Waals surface area contributed by atoms with Crippen LogP contribution in [0.2, 0.25) is 0 Å². The lowest BCUT2D eigenvalue weighted by molar-refractivity contribution is 0.0953. The molecule has 0 aromatic carbocycles. The topological polar surface area (TPSA) is 96.7 Å². The lowest BCUT2D eigenvalue weighted by Gasteiger charge is -2.04. The molecule has 0 saturated carbocycles. The van der Waals surface area contributed by atoms with Gasteiger partial charge in [-0.3, -0.25) is 4.79 Å². The number of nitrogens with zero attached hydrogens (tertiary/aromatic N) is 3. The zero-order chi connectivity index (χ0) is 14.7. The number of H-pyrrole nitrogens is 1. The fraction of sp³-hybridized carbons (Fsp3) is 0.286. The van der Waals surface area contributed by atoms with E-state index in [2.05, 4.69) is 25.4 Å². The van der Waals surface area contributed by atoms with Crippen LogP contribution in [0.25, 0.3) is 11.1 Å². The van der Waals surface area contributed by atoms with Gasteiger partial charge < -0.3 is 14.8 Å². The maximum Gasteiger partial charge on any atom is 0.257 e. The largest absolute Gasteiger partial charge is 0.352 e. The van der Waals surface area contributed by atoms with E-state index in [9.17, 15) is 4.79 Å². The van der Waals surface area contributed by atoms with Crippen molar-refractivity contribution in [3.63, 3.8) is 0 Å². The third-order valence-corrected chi connectivity index (χ3v) is 3.20. The van der Waals surface area contributed by atoms with Crippen LogP contribution in [0.4, 0.5) is 0 Å². The number of fused-ring (bicyclic) bond motifs is 1. The molecule has 0 spiro atoms. The second-order valence-electron chi connectivity index (χ2n) is 4.74. The highest BCUT2D eigenvalue weighted by atomic mass is 16.5. The first-order valence-corrected chi connectivity index (χ1v) is 6.72. The third kappa shape index (κ3) is 2.91. The van der Waals surface area contributed by atoms with Crippen LogP contribution in [0.1, 0.15) is 28.3 Å². The Balaban J connectivity index is 1.57. The Morgan fingerprint density at radius 3 is 3.14 bits per heavy atom. The molecule has 0 aliphatic rings. The number of rotatable bonds is 5. The van der Waals surface area contributed by atoms with Crippen LogP contribution < -0.4 is 5.32 Å². The van der Waals surface area contributed by atoms with E-state index in [1.54, 1.807) is 18.5 Å². The molecule has 0 saturated heterocycles. The summed E-state index contributed by atoms with van der Waals surface area (Å²) in [6.07, 6.45) is 6.62. The Morgan fingerprint density at radius 2 is 2.33 bits per heavy atom. The SMILES string of the molecule is Cc1noc2ncc(C(=O)NCCCc3ncc[nH]3)cc12. The molecule has 3 heterocycles. The van der Waals surface area contributed by atoms with E-state index in [-0.39, 0.29) is 5.91 Å². The van der Waals surface area contributed by atoms with Crippen molar-refractivity contribution in [1.82, 2.24) is 25.4 Å². The minimum absolute atomic E-state index is 0.149. The Kier molecular flexibility index (Phi) is 3.63. The number of aromatic nitrogens is 4. The Morgan fingerprint density at radius 1 is 1.43 bits per heavy atom. The van der Waals surface area contributed by atoms with Gasteiger partial charge in [0.05, 0.1) is 16.6 Å². The summed E-state index contributed by atoms with van der Waals surface area (Å²) in [6.45, 7) is 2.40. The molecule has 0 fully saturated rings. The zero-order valence-corrected chi connectivity index (χ0v) is 11.6. The van der Waals surface area contributed by atoms with Gasteiger partial charge in [0.1, 0.15) is 5.82 Å². The van der Waals surface area contributed by atoms with Gasteiger partial charge in [-0.25, -0.2) is 9.97 Å². The second-order valence-corrected chi connectivity index (χ2v) is 4.74. The summed E-state index contributed by atoms with van der Waals surface area (Å²) >= 11 is 0. The molecule has 0 aliphatic heterocycles. The molecular weight excluding hydrogens is 270 g/mol. The maximum atomic E-state index is 12.1. The molecule has 7 nitrogen and oxygen atoms in total. The molecule has 21 heavy (non-hydrogen) atoms. The molecule has 0 bridgehead atoms. The van der Waals surface area contributed by atoms with Crippen LogP contribution in [0.5, 0.6) is 0 Å². The van der Waals surface area contributed by atoms with Crippen LogP contribution in [0.3, 0.4) is 0 Å². The fourth-order valence-corrected chi connectivity index (χ4v) is 2.06. The number of hydrogen-bond acceptors (Lipinski definition) is 5. The number of carbonyl (C=O) groups excluding carboxylic acids is 1. The Bertz CT molecular complexity index is 748. The van der Waals surface area contributed by atoms with Crippen molar-refractivity contribution < 1.29 is 9.32 Å². The highest BCUT2D eigenvalue weighted by Crippen LogP contribution is 2.16. The van der Waals surface area contributed by atoms with Crippen LogP contribution >= 0.6 is 0 Å². The van der Waals surface area contributed by atoms with Crippen molar-refractivity contribution >= 4 is 17.0 Å². The minimum atomic E-state index is -0.149. The number of nitrogens with one attached hydrogen (secondary N) is 2. The monoisotopic (exact) mass is 285 g/mol. The fourth-order valence-electron chi connectivity index (χ4n) is 2.06. The van der Waals surface area contributed by atoms with E-state index in [1.165, 1.54) is 6.20 Å². The molecule has 0 aliphatic carbocycles. The zero-order valence-electron chi connectivity index (χ0n) is 11.6. The Hall–Kier alpha value is -2.70. The first-order chi connectivity index (χ1) is 10.2. The molecule has 3 aromatic rings. The van der Waals surface area contributed by atoms with Crippen molar-refractivity contribution in [2.24, 2.45) is 0 Å². The predicted octanol–water partition coefficient (Wildman–Crippen LogP) is 1.62. The lowest BCUT2D eigenvalue weighted by Crippen LogP contribution is -2.25. The summed E-state index contributed by atoms with van der Waals surface area (Å²) in [5.41, 5.74) is 1.68. The second kappa shape index (κ2) is 5.74. The molecule has 2 N–H and O–H groups in total. The van der Waals surface area contributed by atoms with Crippen LogP contribution in [-0.2, 0) is 6.42 Å². The number of imidazole rings is 1. The van der Waals surface area contributed by atoms with Gasteiger partial charge in [0.15, 0.2) is 0 Å². The predicted molar refractivity (Wildman–Crippen MR) is 75.8 cm³/mol. The molecular formula is C14H15N5O2. The van der Waals surface area contributed by atoms with Gasteiger partial charge in [-0.15, -0.1) is 0 Å². The summed E-state index contributed by atoms with van der Waals surface area (Å²) in [5, 5.41) is 7.45. The van der Waals surface area contributed by atoms with E-state index >= 15 is 0 Å². The lowest BCUT2D eigenvalue weighted by atomic mass is 10.2. The normalized spacial score (nSPS) is 10.9. The number of hydrogen-bond donors (Lipinski definition) is 2. The molecule has 0 atom stereocenters. The van der Waals surface area contributed by atoms with Crippen LogP contribution in [-0.4, -0.2) is 32.6 Å². The first kappa shape index (κ1) is 13.3. The maximum absolute atomic E-state index is 12.1. The quantitative estimate of drug-likeness (QED) is 0.694. The number of aromatic amines is 1. The molecule has 1 amide bonds. The summed E-state index contributed by atoms with van der Waals surface area (Å²) in [4.78, 5) is 23.3. The molecule has 0 radical (unpaired) electrons. The van der Waals surface area contributed by atoms with E-state index in [0.29, 0.717) is 17.8 Å². The summed E-state index contributed by atoms with van der Waals surface area (Å²) in [5.74, 6) is 0.775. The molecule has 7 heteroatoms. The van der Waals surface area contributed by atoms with Gasteiger partial charge in [0, 0.05) is 31.6 Å². The highest BCUT2D eigenvalue weighted by Gasteiger charge is 2.11. The first-order valence-electron chi connectivity index (χ1n) is 6.72. The smallest absolute Gasteiger partial charge is 0.257 e. The summed E-state index contributed by atoms with van der Waals surface area (Å²) < 4.78 is 5.02. The molecule has 108 valence electrons. The standard InChI is InChI=1S/C14H15N5O2/c1-9-11-7-10(8-18-14(11)21-19-9)13(20)17-4-2-3-12-15-5-6-16-12/h5-8H,2-4H2,1H3,(H,15,16)(H,17,20). The van der Waals surface area contributed by atoms with Crippen molar-refractivity contribution in [1.29, 1.82) is 0 Å². The van der Waals surface area contributed by atoms with E-state index in [4.69, 9.17) is 4.52 Å². The average molecular weight is 285 g/mol. The van der Waals surface area contributed by atoms with Crippen LogP contribution in [0.15, 0.2) is 29.2 Å². The van der Waals surface area contributed by atoms with Crippen molar-refractivity contribution in [3.8, 4) is 0 Å². The summed E-state index contributed by atoms with van der Waals surface area (Å²) in [7, 11) is 0. The summed E-state index contributed by atoms with van der Waals surface area (Å²) in [6, 6.07) is 1.75. The Labute approximate surface area is 120 Å². The molecule has 3 rings (SSSR count). The highest BCUT2D eigenvalue weighted by molar-refractivity contribution is 5.96. The number of aryl methyl sites for hydroxylation is 2. The van der Waals surface area contributed by atoms with E-state index < -0.39 is 0 Å². The van der Waals surface area contributed by atoms with Crippen molar-refractivity contribution in [3.05, 3.63) is 41.7 Å². The molecule has 0 unspecified atom stereocenters. The number of amides is 1. The van der Waals surface area contributed by atoms with Crippen molar-refractivity contribution in [2.45, 2.75) is 19.8 Å². The van der Waals surface area contributed by atoms with E-state index in [0.717, 1.165) is 29.7 Å². The minimum Gasteiger partial charge on any atom is -0.352 e. The van der Waals surface area contributed by atoms with E-state index in [1.807, 2.05) is 6.92 Å². The van der Waals surface area contributed by atoms with Gasteiger partial charge in [0.2, 0.25) is 0 Å². The van der Waals surface area contributed by atoms with Gasteiger partial charge in [-0.05, 0) is 19.4 Å². The number of carbonyl (C=O) groups is 1. The van der Waals surface area contributed by atoms with Gasteiger partial charge >= 0.3 is 0 Å². The molecule has 3 aromatic heterocycles. The van der Waals surface area contributed by atoms with Gasteiger partial charge in [-0.1, -0.05) is 5.16 Å². The van der Waals surface area contributed by atoms with Gasteiger partial charge in [0.25, 0.3) is 11.6 Å². The number of pyridine rings is 1. The van der Waals surface area contributed by atoms with Crippen molar-refractivity contribution in [2.75, 3.05) is 6.54 Å². The van der Waals surface area contributed by atoms with Gasteiger partial charge in [-0.2, -0.15) is 0 Å².